The molecule has 3 heterocycles. The summed E-state index contributed by atoms with van der Waals surface area (Å²) in [7, 11) is 0. The summed E-state index contributed by atoms with van der Waals surface area (Å²) in [5.41, 5.74) is 5.60. The molecule has 0 saturated carbocycles. The Kier molecular flexibility index (Phi) is 3.32. The monoisotopic (exact) mass is 303 g/mol. The minimum absolute atomic E-state index is 0.00997. The molecule has 0 aliphatic rings. The molecule has 3 aromatic heterocycles. The van der Waals surface area contributed by atoms with Gasteiger partial charge < -0.3 is 10.5 Å². The van der Waals surface area contributed by atoms with Gasteiger partial charge in [-0.2, -0.15) is 0 Å². The fraction of sp³-hybridized carbons (Fsp3) is 0.0833. The lowest BCUT2D eigenvalue weighted by molar-refractivity contribution is 0.0461. The molecule has 0 saturated heterocycles. The number of carbonyl (C=O) groups excluding carboxylic acids is 1. The van der Waals surface area contributed by atoms with Gasteiger partial charge in [-0.3, -0.25) is 9.20 Å². The number of nitrogen functional groups attached to an aromatic ring is 1. The third kappa shape index (κ3) is 2.58. The van der Waals surface area contributed by atoms with Crippen LogP contribution in [0, 0.1) is 0 Å². The Morgan fingerprint density at radius 3 is 3.00 bits per heavy atom. The molecule has 0 unspecified atom stereocenters. The molecule has 21 heavy (non-hydrogen) atoms. The maximum atomic E-state index is 11.8. The average Bonchev–Trinajstić information content (AvgIpc) is 2.94. The minimum atomic E-state index is -0.714. The largest absolute Gasteiger partial charge is 0.454 e. The van der Waals surface area contributed by atoms with Crippen molar-refractivity contribution in [3.63, 3.8) is 0 Å². The Bertz CT molecular complexity index is 872. The predicted molar refractivity (Wildman–Crippen MR) is 74.9 cm³/mol. The second-order valence-corrected chi connectivity index (χ2v) is 4.88. The van der Waals surface area contributed by atoms with E-state index in [1.54, 1.807) is 11.6 Å². The number of anilines is 1. The van der Waals surface area contributed by atoms with Gasteiger partial charge in [0, 0.05) is 30.0 Å². The van der Waals surface area contributed by atoms with Crippen LogP contribution in [0.4, 0.5) is 5.82 Å². The van der Waals surface area contributed by atoms with E-state index >= 15 is 0 Å². The van der Waals surface area contributed by atoms with Gasteiger partial charge in [-0.1, -0.05) is 0 Å². The number of hydrogen-bond acceptors (Lipinski definition) is 8. The number of ether oxygens (including phenoxy) is 1. The molecule has 0 amide bonds. The summed E-state index contributed by atoms with van der Waals surface area (Å²) in [5.74, 6) is -0.724. The summed E-state index contributed by atoms with van der Waals surface area (Å²) in [6.45, 7) is -0.140. The molecule has 0 aromatic carbocycles. The van der Waals surface area contributed by atoms with Crippen LogP contribution in [-0.2, 0) is 11.3 Å². The molecule has 3 rings (SSSR count). The zero-order valence-corrected chi connectivity index (χ0v) is 11.4. The highest BCUT2D eigenvalue weighted by molar-refractivity contribution is 7.15. The van der Waals surface area contributed by atoms with Crippen LogP contribution in [0.5, 0.6) is 0 Å². The van der Waals surface area contributed by atoms with Crippen LogP contribution < -0.4 is 11.3 Å². The van der Waals surface area contributed by atoms with Crippen molar-refractivity contribution in [3.8, 4) is 0 Å². The van der Waals surface area contributed by atoms with Crippen LogP contribution in [0.3, 0.4) is 0 Å². The van der Waals surface area contributed by atoms with E-state index in [1.165, 1.54) is 34.2 Å². The minimum Gasteiger partial charge on any atom is -0.454 e. The Balaban J connectivity index is 1.79. The van der Waals surface area contributed by atoms with Gasteiger partial charge in [0.25, 0.3) is 5.56 Å². The van der Waals surface area contributed by atoms with Crippen LogP contribution in [0.2, 0.25) is 0 Å². The number of hydrogen-bond donors (Lipinski definition) is 1. The highest BCUT2D eigenvalue weighted by Gasteiger charge is 2.14. The van der Waals surface area contributed by atoms with Crippen molar-refractivity contribution in [1.29, 1.82) is 0 Å². The lowest BCUT2D eigenvalue weighted by Crippen LogP contribution is -2.16. The highest BCUT2D eigenvalue weighted by Crippen LogP contribution is 2.09. The lowest BCUT2D eigenvalue weighted by Gasteiger charge is -2.05. The number of aromatic nitrogens is 4. The molecule has 3 aromatic rings. The van der Waals surface area contributed by atoms with E-state index in [2.05, 4.69) is 15.0 Å². The fourth-order valence-corrected chi connectivity index (χ4v) is 2.41. The van der Waals surface area contributed by atoms with Gasteiger partial charge >= 0.3 is 5.97 Å². The molecule has 0 bridgehead atoms. The van der Waals surface area contributed by atoms with Crippen LogP contribution in [0.15, 0.2) is 34.8 Å². The smallest absolute Gasteiger partial charge is 0.361 e. The molecule has 106 valence electrons. The Labute approximate surface area is 121 Å². The molecule has 0 radical (unpaired) electrons. The van der Waals surface area contributed by atoms with Crippen molar-refractivity contribution in [3.05, 3.63) is 51.8 Å². The molecule has 0 atom stereocenters. The van der Waals surface area contributed by atoms with Crippen molar-refractivity contribution in [2.45, 2.75) is 6.61 Å². The lowest BCUT2D eigenvalue weighted by atomic mass is 10.4. The first-order valence-electron chi connectivity index (χ1n) is 5.84. The summed E-state index contributed by atoms with van der Waals surface area (Å²) in [5, 5.41) is 1.75. The molecular weight excluding hydrogens is 294 g/mol. The fourth-order valence-electron chi connectivity index (χ4n) is 1.68. The van der Waals surface area contributed by atoms with Crippen LogP contribution in [0.25, 0.3) is 4.96 Å². The number of fused-ring (bicyclic) bond motifs is 1. The predicted octanol–water partition coefficient (Wildman–Crippen LogP) is 0.485. The van der Waals surface area contributed by atoms with Gasteiger partial charge in [0.2, 0.25) is 0 Å². The summed E-state index contributed by atoms with van der Waals surface area (Å²) in [4.78, 5) is 35.9. The number of rotatable bonds is 3. The molecule has 8 nitrogen and oxygen atoms in total. The van der Waals surface area contributed by atoms with Gasteiger partial charge in [0.1, 0.15) is 6.61 Å². The summed E-state index contributed by atoms with van der Waals surface area (Å²) < 4.78 is 6.46. The Morgan fingerprint density at radius 2 is 2.19 bits per heavy atom. The summed E-state index contributed by atoms with van der Waals surface area (Å²) in [6.07, 6.45) is 4.35. The van der Waals surface area contributed by atoms with E-state index in [0.717, 1.165) is 0 Å². The maximum absolute atomic E-state index is 11.8. The van der Waals surface area contributed by atoms with Crippen molar-refractivity contribution >= 4 is 28.1 Å². The van der Waals surface area contributed by atoms with Crippen LogP contribution >= 0.6 is 11.3 Å². The normalized spacial score (nSPS) is 10.7. The number of nitrogens with two attached hydrogens (primary N) is 1. The van der Waals surface area contributed by atoms with E-state index in [1.807, 2.05) is 0 Å². The molecule has 0 fully saturated rings. The van der Waals surface area contributed by atoms with Crippen molar-refractivity contribution < 1.29 is 9.53 Å². The molecule has 9 heteroatoms. The van der Waals surface area contributed by atoms with Crippen LogP contribution in [0.1, 0.15) is 16.2 Å². The Morgan fingerprint density at radius 1 is 1.38 bits per heavy atom. The molecule has 0 aliphatic heterocycles. The Hall–Kier alpha value is -2.81. The second kappa shape index (κ2) is 5.29. The van der Waals surface area contributed by atoms with Gasteiger partial charge in [-0.05, 0) is 0 Å². The maximum Gasteiger partial charge on any atom is 0.361 e. The quantitative estimate of drug-likeness (QED) is 0.700. The average molecular weight is 303 g/mol. The number of nitrogens with zero attached hydrogens (tertiary/aromatic N) is 4. The highest BCUT2D eigenvalue weighted by atomic mass is 32.1. The van der Waals surface area contributed by atoms with Gasteiger partial charge in [-0.15, -0.1) is 11.3 Å². The second-order valence-electron chi connectivity index (χ2n) is 4.01. The van der Waals surface area contributed by atoms with Gasteiger partial charge in [0.05, 0.1) is 5.69 Å². The van der Waals surface area contributed by atoms with Crippen LogP contribution in [-0.4, -0.2) is 25.3 Å². The zero-order chi connectivity index (χ0) is 14.8. The molecule has 0 spiro atoms. The van der Waals surface area contributed by atoms with E-state index in [4.69, 9.17) is 10.5 Å². The third-order valence-corrected chi connectivity index (χ3v) is 3.38. The summed E-state index contributed by atoms with van der Waals surface area (Å²) >= 11 is 1.32. The zero-order valence-electron chi connectivity index (χ0n) is 10.6. The third-order valence-electron chi connectivity index (χ3n) is 2.63. The van der Waals surface area contributed by atoms with E-state index in [9.17, 15) is 9.59 Å². The first-order valence-corrected chi connectivity index (χ1v) is 6.72. The first kappa shape index (κ1) is 13.2. The molecule has 2 N–H and O–H groups in total. The topological polar surface area (TPSA) is 112 Å². The number of carbonyl (C=O) groups is 1. The van der Waals surface area contributed by atoms with Gasteiger partial charge in [0.15, 0.2) is 16.5 Å². The number of esters is 1. The van der Waals surface area contributed by atoms with Crippen molar-refractivity contribution in [1.82, 2.24) is 19.4 Å². The van der Waals surface area contributed by atoms with E-state index in [-0.39, 0.29) is 23.7 Å². The molecule has 0 aliphatic carbocycles. The van der Waals surface area contributed by atoms with Crippen molar-refractivity contribution in [2.75, 3.05) is 5.73 Å². The summed E-state index contributed by atoms with van der Waals surface area (Å²) in [6, 6.07) is 1.31. The standard InChI is InChI=1S/C12H9N5O3S/c13-10-9(14-1-2-15-10)11(19)20-6-7-5-8(18)17-3-4-21-12(17)16-7/h1-5H,6H2,(H2,13,15). The number of thiazole rings is 1. The molecular formula is C12H9N5O3S. The van der Waals surface area contributed by atoms with E-state index in [0.29, 0.717) is 10.7 Å². The van der Waals surface area contributed by atoms with Gasteiger partial charge in [-0.25, -0.2) is 19.7 Å². The van der Waals surface area contributed by atoms with E-state index < -0.39 is 5.97 Å². The SMILES string of the molecule is Nc1nccnc1C(=O)OCc1cc(=O)n2ccsc2n1. The first-order chi connectivity index (χ1) is 10.1. The van der Waals surface area contributed by atoms with Crippen molar-refractivity contribution in [2.24, 2.45) is 0 Å².